The van der Waals surface area contributed by atoms with Gasteiger partial charge >= 0.3 is 0 Å². The molecule has 7 heteroatoms. The zero-order chi connectivity index (χ0) is 18.5. The number of pyridine rings is 1. The Hall–Kier alpha value is -2.47. The number of methoxy groups -OCH3 is 2. The molecule has 1 heterocycles. The largest absolute Gasteiger partial charge is 0.495 e. The average Bonchev–Trinajstić information content (AvgIpc) is 3.16. The Morgan fingerprint density at radius 3 is 2.58 bits per heavy atom. The Morgan fingerprint density at radius 1 is 1.15 bits per heavy atom. The molecule has 1 aromatic carbocycles. The molecule has 0 atom stereocenters. The Morgan fingerprint density at radius 2 is 1.88 bits per heavy atom. The first kappa shape index (κ1) is 18.3. The summed E-state index contributed by atoms with van der Waals surface area (Å²) in [5.41, 5.74) is 1.21. The van der Waals surface area contributed by atoms with E-state index in [1.165, 1.54) is 12.8 Å². The molecule has 1 aliphatic carbocycles. The van der Waals surface area contributed by atoms with Crippen molar-refractivity contribution in [3.05, 3.63) is 41.0 Å². The molecule has 0 unspecified atom stereocenters. The fourth-order valence-corrected chi connectivity index (χ4v) is 3.31. The summed E-state index contributed by atoms with van der Waals surface area (Å²) in [5.74, 6) is 1.53. The number of nitrogens with one attached hydrogen (secondary N) is 2. The molecular formula is C19H22ClN3O3. The van der Waals surface area contributed by atoms with Crippen molar-refractivity contribution in [3.8, 4) is 11.5 Å². The van der Waals surface area contributed by atoms with Crippen LogP contribution >= 0.6 is 11.6 Å². The van der Waals surface area contributed by atoms with Gasteiger partial charge in [0.1, 0.15) is 17.3 Å². The van der Waals surface area contributed by atoms with E-state index in [4.69, 9.17) is 21.1 Å². The van der Waals surface area contributed by atoms with Crippen molar-refractivity contribution in [2.24, 2.45) is 0 Å². The first-order chi connectivity index (χ1) is 12.6. The van der Waals surface area contributed by atoms with Crippen LogP contribution in [-0.2, 0) is 0 Å². The fourth-order valence-electron chi connectivity index (χ4n) is 3.08. The monoisotopic (exact) mass is 375 g/mol. The molecule has 0 aliphatic heterocycles. The van der Waals surface area contributed by atoms with Crippen molar-refractivity contribution >= 4 is 29.0 Å². The highest BCUT2D eigenvalue weighted by Crippen LogP contribution is 2.37. The molecule has 2 N–H and O–H groups in total. The van der Waals surface area contributed by atoms with Crippen molar-refractivity contribution in [2.45, 2.75) is 31.7 Å². The van der Waals surface area contributed by atoms with Crippen LogP contribution in [-0.4, -0.2) is 31.2 Å². The molecule has 1 saturated carbocycles. The maximum Gasteiger partial charge on any atom is 0.251 e. The van der Waals surface area contributed by atoms with E-state index in [0.717, 1.165) is 12.8 Å². The third kappa shape index (κ3) is 4.19. The van der Waals surface area contributed by atoms with Gasteiger partial charge in [0.05, 0.1) is 24.9 Å². The van der Waals surface area contributed by atoms with Crippen molar-refractivity contribution in [3.63, 3.8) is 0 Å². The van der Waals surface area contributed by atoms with E-state index in [1.807, 2.05) is 0 Å². The zero-order valence-corrected chi connectivity index (χ0v) is 15.6. The summed E-state index contributed by atoms with van der Waals surface area (Å²) in [4.78, 5) is 16.7. The minimum atomic E-state index is -0.0806. The van der Waals surface area contributed by atoms with Gasteiger partial charge in [-0.2, -0.15) is 0 Å². The van der Waals surface area contributed by atoms with Crippen LogP contribution in [0, 0.1) is 0 Å². The number of ether oxygens (including phenoxy) is 2. The lowest BCUT2D eigenvalue weighted by atomic mass is 10.2. The van der Waals surface area contributed by atoms with Gasteiger partial charge < -0.3 is 20.1 Å². The van der Waals surface area contributed by atoms with Gasteiger partial charge in [-0.05, 0) is 25.0 Å². The summed E-state index contributed by atoms with van der Waals surface area (Å²) in [6, 6.07) is 7.08. The second-order valence-corrected chi connectivity index (χ2v) is 6.60. The molecule has 1 aliphatic rings. The van der Waals surface area contributed by atoms with Crippen LogP contribution in [0.1, 0.15) is 36.0 Å². The molecule has 26 heavy (non-hydrogen) atoms. The van der Waals surface area contributed by atoms with Gasteiger partial charge in [0.25, 0.3) is 5.91 Å². The molecule has 0 saturated heterocycles. The maximum atomic E-state index is 12.4. The fraction of sp³-hybridized carbons (Fsp3) is 0.368. The van der Waals surface area contributed by atoms with Crippen LogP contribution in [0.2, 0.25) is 5.02 Å². The van der Waals surface area contributed by atoms with E-state index in [2.05, 4.69) is 15.6 Å². The summed E-state index contributed by atoms with van der Waals surface area (Å²) in [6.07, 6.45) is 6.04. The Balaban J connectivity index is 1.79. The third-order valence-corrected chi connectivity index (χ3v) is 4.74. The average molecular weight is 376 g/mol. The van der Waals surface area contributed by atoms with Gasteiger partial charge in [0.15, 0.2) is 0 Å². The summed E-state index contributed by atoms with van der Waals surface area (Å²) in [5, 5.41) is 6.69. The molecule has 1 fully saturated rings. The lowest BCUT2D eigenvalue weighted by Crippen LogP contribution is -2.32. The van der Waals surface area contributed by atoms with Crippen molar-refractivity contribution in [2.75, 3.05) is 19.5 Å². The first-order valence-electron chi connectivity index (χ1n) is 8.56. The highest BCUT2D eigenvalue weighted by molar-refractivity contribution is 6.32. The van der Waals surface area contributed by atoms with Gasteiger partial charge in [-0.3, -0.25) is 4.79 Å². The van der Waals surface area contributed by atoms with Crippen LogP contribution in [0.5, 0.6) is 11.5 Å². The van der Waals surface area contributed by atoms with E-state index in [0.29, 0.717) is 33.6 Å². The number of amides is 1. The lowest BCUT2D eigenvalue weighted by Gasteiger charge is -2.15. The zero-order valence-electron chi connectivity index (χ0n) is 14.8. The molecule has 2 aromatic rings. The number of hydrogen-bond acceptors (Lipinski definition) is 5. The van der Waals surface area contributed by atoms with Crippen LogP contribution in [0.3, 0.4) is 0 Å². The van der Waals surface area contributed by atoms with Crippen LogP contribution in [0.4, 0.5) is 11.5 Å². The smallest absolute Gasteiger partial charge is 0.251 e. The number of carbonyl (C=O) groups is 1. The van der Waals surface area contributed by atoms with E-state index < -0.39 is 0 Å². The minimum absolute atomic E-state index is 0.0806. The van der Waals surface area contributed by atoms with Crippen LogP contribution in [0.15, 0.2) is 30.5 Å². The van der Waals surface area contributed by atoms with Gasteiger partial charge in [-0.1, -0.05) is 24.4 Å². The maximum absolute atomic E-state index is 12.4. The summed E-state index contributed by atoms with van der Waals surface area (Å²) >= 11 is 6.13. The molecule has 1 amide bonds. The van der Waals surface area contributed by atoms with Crippen molar-refractivity contribution in [1.82, 2.24) is 10.3 Å². The summed E-state index contributed by atoms with van der Waals surface area (Å²) in [7, 11) is 3.10. The topological polar surface area (TPSA) is 72.5 Å². The third-order valence-electron chi connectivity index (χ3n) is 4.45. The first-order valence-corrected chi connectivity index (χ1v) is 8.94. The van der Waals surface area contributed by atoms with Crippen LogP contribution < -0.4 is 20.1 Å². The van der Waals surface area contributed by atoms with Gasteiger partial charge in [0.2, 0.25) is 0 Å². The predicted molar refractivity (Wildman–Crippen MR) is 102 cm³/mol. The van der Waals surface area contributed by atoms with E-state index in [9.17, 15) is 4.79 Å². The summed E-state index contributed by atoms with van der Waals surface area (Å²) < 4.78 is 10.6. The number of benzene rings is 1. The Kier molecular flexibility index (Phi) is 5.83. The SMILES string of the molecule is COc1cc(Nc2cc(C(=O)NC3CCCC3)ccn2)c(OC)cc1Cl. The quantitative estimate of drug-likeness (QED) is 0.792. The number of aromatic nitrogens is 1. The van der Waals surface area contributed by atoms with E-state index >= 15 is 0 Å². The molecule has 138 valence electrons. The predicted octanol–water partition coefficient (Wildman–Crippen LogP) is 4.17. The molecule has 3 rings (SSSR count). The van der Waals surface area contributed by atoms with Gasteiger partial charge in [-0.25, -0.2) is 4.98 Å². The highest BCUT2D eigenvalue weighted by Gasteiger charge is 2.18. The molecule has 0 spiro atoms. The second-order valence-electron chi connectivity index (χ2n) is 6.20. The van der Waals surface area contributed by atoms with Crippen LogP contribution in [0.25, 0.3) is 0 Å². The number of rotatable bonds is 6. The number of anilines is 2. The van der Waals surface area contributed by atoms with Gasteiger partial charge in [-0.15, -0.1) is 0 Å². The molecule has 6 nitrogen and oxygen atoms in total. The second kappa shape index (κ2) is 8.27. The number of halogens is 1. The number of hydrogen-bond donors (Lipinski definition) is 2. The standard InChI is InChI=1S/C19H22ClN3O3/c1-25-16-11-15(17(26-2)10-14(16)20)23-18-9-12(7-8-21-18)19(24)22-13-5-3-4-6-13/h7-11,13H,3-6H2,1-2H3,(H,21,23)(H,22,24). The molecule has 1 aromatic heterocycles. The highest BCUT2D eigenvalue weighted by atomic mass is 35.5. The normalized spacial score (nSPS) is 14.1. The Bertz CT molecular complexity index is 792. The molecule has 0 bridgehead atoms. The number of carbonyl (C=O) groups excluding carboxylic acids is 1. The number of nitrogens with zero attached hydrogens (tertiary/aromatic N) is 1. The van der Waals surface area contributed by atoms with Crippen molar-refractivity contribution in [1.29, 1.82) is 0 Å². The Labute approximate surface area is 157 Å². The minimum Gasteiger partial charge on any atom is -0.495 e. The van der Waals surface area contributed by atoms with Crippen molar-refractivity contribution < 1.29 is 14.3 Å². The van der Waals surface area contributed by atoms with E-state index in [1.54, 1.807) is 44.7 Å². The van der Waals surface area contributed by atoms with Gasteiger partial charge in [0, 0.05) is 29.9 Å². The lowest BCUT2D eigenvalue weighted by molar-refractivity contribution is 0.0938. The van der Waals surface area contributed by atoms with E-state index in [-0.39, 0.29) is 11.9 Å². The molecular weight excluding hydrogens is 354 g/mol. The molecule has 0 radical (unpaired) electrons. The summed E-state index contributed by atoms with van der Waals surface area (Å²) in [6.45, 7) is 0.